The van der Waals surface area contributed by atoms with Crippen LogP contribution in [0.4, 0.5) is 21.9 Å². The summed E-state index contributed by atoms with van der Waals surface area (Å²) in [6, 6.07) is 9.70. The van der Waals surface area contributed by atoms with Crippen molar-refractivity contribution in [3.8, 4) is 5.75 Å². The van der Waals surface area contributed by atoms with Gasteiger partial charge in [-0.15, -0.1) is 0 Å². The molecule has 2 aromatic rings. The largest absolute Gasteiger partial charge is 0.508 e. The van der Waals surface area contributed by atoms with Gasteiger partial charge in [0.25, 0.3) is 5.69 Å². The molecule has 21 heavy (non-hydrogen) atoms. The Morgan fingerprint density at radius 3 is 2.24 bits per heavy atom. The van der Waals surface area contributed by atoms with Crippen LogP contribution in [0.15, 0.2) is 42.5 Å². The van der Waals surface area contributed by atoms with E-state index in [2.05, 4.69) is 10.6 Å². The first-order valence-corrected chi connectivity index (χ1v) is 6.08. The summed E-state index contributed by atoms with van der Waals surface area (Å²) in [4.78, 5) is 21.8. The standard InChI is InChI=1S/C14H13N3O4/c1-9-8-11(4-7-13(9)18)16-14(19)15-10-2-5-12(6-3-10)17(20)21/h2-8,18H,1H3,(H2,15,16,19). The number of urea groups is 1. The molecule has 3 N–H and O–H groups in total. The highest BCUT2D eigenvalue weighted by Crippen LogP contribution is 2.20. The number of aryl methyl sites for hydroxylation is 1. The number of rotatable bonds is 3. The number of phenolic OH excluding ortho intramolecular Hbond substituents is 1. The first-order valence-electron chi connectivity index (χ1n) is 6.08. The molecule has 0 saturated carbocycles. The molecule has 7 nitrogen and oxygen atoms in total. The Kier molecular flexibility index (Phi) is 4.03. The van der Waals surface area contributed by atoms with Crippen molar-refractivity contribution in [2.24, 2.45) is 0 Å². The minimum atomic E-state index is -0.511. The Balaban J connectivity index is 2.01. The van der Waals surface area contributed by atoms with E-state index >= 15 is 0 Å². The lowest BCUT2D eigenvalue weighted by atomic mass is 10.2. The van der Waals surface area contributed by atoms with E-state index in [0.29, 0.717) is 16.9 Å². The summed E-state index contributed by atoms with van der Waals surface area (Å²) >= 11 is 0. The number of carbonyl (C=O) groups is 1. The van der Waals surface area contributed by atoms with E-state index in [4.69, 9.17) is 0 Å². The number of phenols is 1. The normalized spacial score (nSPS) is 9.95. The number of nitro benzene ring substituents is 1. The first kappa shape index (κ1) is 14.3. The summed E-state index contributed by atoms with van der Waals surface area (Å²) in [5.41, 5.74) is 1.57. The molecule has 0 radical (unpaired) electrons. The van der Waals surface area contributed by atoms with Crippen molar-refractivity contribution in [3.05, 3.63) is 58.1 Å². The summed E-state index contributed by atoms with van der Waals surface area (Å²) < 4.78 is 0. The second-order valence-electron chi connectivity index (χ2n) is 4.38. The predicted molar refractivity (Wildman–Crippen MR) is 78.6 cm³/mol. The van der Waals surface area contributed by atoms with E-state index in [-0.39, 0.29) is 11.4 Å². The Morgan fingerprint density at radius 1 is 1.10 bits per heavy atom. The number of nitrogens with zero attached hydrogens (tertiary/aromatic N) is 1. The van der Waals surface area contributed by atoms with E-state index in [9.17, 15) is 20.0 Å². The van der Waals surface area contributed by atoms with Gasteiger partial charge in [-0.3, -0.25) is 10.1 Å². The van der Waals surface area contributed by atoms with Crippen LogP contribution in [0.25, 0.3) is 0 Å². The lowest BCUT2D eigenvalue weighted by molar-refractivity contribution is -0.384. The van der Waals surface area contributed by atoms with Crippen molar-refractivity contribution in [3.63, 3.8) is 0 Å². The molecule has 0 aliphatic heterocycles. The zero-order valence-corrected chi connectivity index (χ0v) is 11.2. The van der Waals surface area contributed by atoms with Gasteiger partial charge in [-0.05, 0) is 42.8 Å². The van der Waals surface area contributed by atoms with Gasteiger partial charge < -0.3 is 15.7 Å². The molecule has 0 bridgehead atoms. The van der Waals surface area contributed by atoms with Gasteiger partial charge in [0.1, 0.15) is 5.75 Å². The van der Waals surface area contributed by atoms with Crippen LogP contribution < -0.4 is 10.6 Å². The number of amides is 2. The van der Waals surface area contributed by atoms with Crippen LogP contribution in [0.5, 0.6) is 5.75 Å². The van der Waals surface area contributed by atoms with Crippen molar-refractivity contribution < 1.29 is 14.8 Å². The molecule has 0 aliphatic carbocycles. The Morgan fingerprint density at radius 2 is 1.67 bits per heavy atom. The van der Waals surface area contributed by atoms with Crippen LogP contribution in [-0.2, 0) is 0 Å². The van der Waals surface area contributed by atoms with Crippen LogP contribution in [0.1, 0.15) is 5.56 Å². The lowest BCUT2D eigenvalue weighted by Gasteiger charge is -2.08. The molecule has 0 spiro atoms. The molecule has 0 aromatic heterocycles. The smallest absolute Gasteiger partial charge is 0.323 e. The van der Waals surface area contributed by atoms with Gasteiger partial charge in [0, 0.05) is 23.5 Å². The van der Waals surface area contributed by atoms with Gasteiger partial charge in [0.05, 0.1) is 4.92 Å². The third kappa shape index (κ3) is 3.69. The highest BCUT2D eigenvalue weighted by Gasteiger charge is 2.07. The van der Waals surface area contributed by atoms with Gasteiger partial charge in [0.2, 0.25) is 0 Å². The molecule has 2 aromatic carbocycles. The van der Waals surface area contributed by atoms with E-state index < -0.39 is 11.0 Å². The third-order valence-corrected chi connectivity index (χ3v) is 2.79. The average molecular weight is 287 g/mol. The lowest BCUT2D eigenvalue weighted by Crippen LogP contribution is -2.19. The number of nitro groups is 1. The number of nitrogens with one attached hydrogen (secondary N) is 2. The summed E-state index contributed by atoms with van der Waals surface area (Å²) in [5.74, 6) is 0.149. The first-order chi connectivity index (χ1) is 9.95. The Bertz CT molecular complexity index is 683. The summed E-state index contributed by atoms with van der Waals surface area (Å²) in [6.45, 7) is 1.72. The average Bonchev–Trinajstić information content (AvgIpc) is 2.43. The van der Waals surface area contributed by atoms with E-state index in [0.717, 1.165) is 0 Å². The second-order valence-corrected chi connectivity index (χ2v) is 4.38. The zero-order valence-electron chi connectivity index (χ0n) is 11.2. The van der Waals surface area contributed by atoms with Crippen LogP contribution in [0.2, 0.25) is 0 Å². The molecule has 7 heteroatoms. The van der Waals surface area contributed by atoms with Crippen LogP contribution >= 0.6 is 0 Å². The fraction of sp³-hybridized carbons (Fsp3) is 0.0714. The van der Waals surface area contributed by atoms with Crippen LogP contribution in [-0.4, -0.2) is 16.1 Å². The topological polar surface area (TPSA) is 104 Å². The molecule has 2 rings (SSSR count). The van der Waals surface area contributed by atoms with E-state index in [1.807, 2.05) is 0 Å². The number of hydrogen-bond acceptors (Lipinski definition) is 4. The number of non-ortho nitro benzene ring substituents is 1. The maximum Gasteiger partial charge on any atom is 0.323 e. The summed E-state index contributed by atoms with van der Waals surface area (Å²) in [7, 11) is 0. The molecule has 0 heterocycles. The van der Waals surface area contributed by atoms with Crippen molar-refractivity contribution in [1.29, 1.82) is 0 Å². The van der Waals surface area contributed by atoms with Gasteiger partial charge >= 0.3 is 6.03 Å². The third-order valence-electron chi connectivity index (χ3n) is 2.79. The second kappa shape index (κ2) is 5.91. The predicted octanol–water partition coefficient (Wildman–Crippen LogP) is 3.25. The number of hydrogen-bond donors (Lipinski definition) is 3. The van der Waals surface area contributed by atoms with Crippen LogP contribution in [0.3, 0.4) is 0 Å². The molecule has 0 unspecified atom stereocenters. The minimum absolute atomic E-state index is 0.0462. The zero-order chi connectivity index (χ0) is 15.4. The Hall–Kier alpha value is -3.09. The summed E-state index contributed by atoms with van der Waals surface area (Å²) in [6.07, 6.45) is 0. The fourth-order valence-electron chi connectivity index (χ4n) is 1.69. The summed E-state index contributed by atoms with van der Waals surface area (Å²) in [5, 5.41) is 25.1. The molecule has 0 atom stereocenters. The molecule has 0 saturated heterocycles. The molecule has 0 fully saturated rings. The highest BCUT2D eigenvalue weighted by atomic mass is 16.6. The van der Waals surface area contributed by atoms with Gasteiger partial charge in [-0.2, -0.15) is 0 Å². The highest BCUT2D eigenvalue weighted by molar-refractivity contribution is 5.99. The SMILES string of the molecule is Cc1cc(NC(=O)Nc2ccc([N+](=O)[O-])cc2)ccc1O. The van der Waals surface area contributed by atoms with Gasteiger partial charge in [0.15, 0.2) is 0 Å². The Labute approximate surface area is 120 Å². The van der Waals surface area contributed by atoms with Crippen molar-refractivity contribution in [2.75, 3.05) is 10.6 Å². The molecule has 108 valence electrons. The quantitative estimate of drug-likeness (QED) is 0.457. The van der Waals surface area contributed by atoms with E-state index in [1.165, 1.54) is 30.3 Å². The van der Waals surface area contributed by atoms with Crippen molar-refractivity contribution in [1.82, 2.24) is 0 Å². The molecule has 2 amide bonds. The fourth-order valence-corrected chi connectivity index (χ4v) is 1.69. The van der Waals surface area contributed by atoms with Crippen molar-refractivity contribution >= 4 is 23.1 Å². The number of anilines is 2. The van der Waals surface area contributed by atoms with Gasteiger partial charge in [-0.25, -0.2) is 4.79 Å². The molecule has 0 aliphatic rings. The minimum Gasteiger partial charge on any atom is -0.508 e. The van der Waals surface area contributed by atoms with Crippen LogP contribution in [0, 0.1) is 17.0 Å². The molecular formula is C14H13N3O4. The van der Waals surface area contributed by atoms with E-state index in [1.54, 1.807) is 19.1 Å². The maximum absolute atomic E-state index is 11.8. The maximum atomic E-state index is 11.8. The van der Waals surface area contributed by atoms with Crippen molar-refractivity contribution in [2.45, 2.75) is 6.92 Å². The number of aromatic hydroxyl groups is 1. The monoisotopic (exact) mass is 287 g/mol. The number of carbonyl (C=O) groups excluding carboxylic acids is 1. The molecular weight excluding hydrogens is 274 g/mol. The van der Waals surface area contributed by atoms with Gasteiger partial charge in [-0.1, -0.05) is 0 Å². The number of benzene rings is 2.